The van der Waals surface area contributed by atoms with Crippen molar-refractivity contribution in [2.45, 2.75) is 51.5 Å². The Labute approximate surface area is 179 Å². The summed E-state index contributed by atoms with van der Waals surface area (Å²) in [6, 6.07) is 15.3. The fourth-order valence-corrected chi connectivity index (χ4v) is 4.14. The summed E-state index contributed by atoms with van der Waals surface area (Å²) in [6.45, 7) is 1.97. The second kappa shape index (κ2) is 10.3. The summed E-state index contributed by atoms with van der Waals surface area (Å²) in [5.74, 6) is 0.549. The second-order valence-electron chi connectivity index (χ2n) is 8.47. The highest BCUT2D eigenvalue weighted by Gasteiger charge is 2.19. The second-order valence-corrected chi connectivity index (χ2v) is 8.47. The highest BCUT2D eigenvalue weighted by molar-refractivity contribution is 6.02. The fraction of sp³-hybridized carbons (Fsp3) is 0.440. The first-order valence-corrected chi connectivity index (χ1v) is 10.9. The molecule has 1 aliphatic carbocycles. The number of hydrogen-bond donors (Lipinski definition) is 2. The lowest BCUT2D eigenvalue weighted by Gasteiger charge is -2.20. The molecule has 5 heteroatoms. The molecule has 0 bridgehead atoms. The van der Waals surface area contributed by atoms with Gasteiger partial charge < -0.3 is 15.5 Å². The molecule has 3 rings (SSSR count). The fourth-order valence-electron chi connectivity index (χ4n) is 4.14. The van der Waals surface area contributed by atoms with Crippen molar-refractivity contribution in [3.8, 4) is 0 Å². The van der Waals surface area contributed by atoms with Crippen LogP contribution in [0.1, 0.15) is 67.4 Å². The van der Waals surface area contributed by atoms with Gasteiger partial charge in [-0.05, 0) is 43.0 Å². The minimum absolute atomic E-state index is 0.0171. The number of amides is 2. The summed E-state index contributed by atoms with van der Waals surface area (Å²) in [6.07, 6.45) is 6.55. The van der Waals surface area contributed by atoms with Crippen molar-refractivity contribution >= 4 is 23.2 Å². The lowest BCUT2D eigenvalue weighted by Crippen LogP contribution is -2.28. The zero-order valence-corrected chi connectivity index (χ0v) is 18.3. The molecule has 160 valence electrons. The number of benzene rings is 2. The van der Waals surface area contributed by atoms with E-state index in [0.717, 1.165) is 17.7 Å². The average molecular weight is 408 g/mol. The zero-order chi connectivity index (χ0) is 21.5. The zero-order valence-electron chi connectivity index (χ0n) is 18.3. The predicted molar refractivity (Wildman–Crippen MR) is 123 cm³/mol. The number of nitrogens with zero attached hydrogens (tertiary/aromatic N) is 1. The van der Waals surface area contributed by atoms with Crippen molar-refractivity contribution in [1.82, 2.24) is 5.32 Å². The van der Waals surface area contributed by atoms with Crippen LogP contribution in [0.5, 0.6) is 0 Å². The van der Waals surface area contributed by atoms with Gasteiger partial charge in [-0.1, -0.05) is 56.0 Å². The molecule has 2 aromatic rings. The van der Waals surface area contributed by atoms with Crippen LogP contribution < -0.4 is 15.5 Å². The highest BCUT2D eigenvalue weighted by Crippen LogP contribution is 2.29. The van der Waals surface area contributed by atoms with E-state index in [-0.39, 0.29) is 17.9 Å². The molecule has 5 nitrogen and oxygen atoms in total. The first-order chi connectivity index (χ1) is 14.4. The van der Waals surface area contributed by atoms with Crippen molar-refractivity contribution in [3.63, 3.8) is 0 Å². The van der Waals surface area contributed by atoms with Crippen LogP contribution in [0.3, 0.4) is 0 Å². The molecule has 1 saturated carbocycles. The standard InChI is InChI=1S/C25H33N3O2/c1-18(20-11-5-4-6-12-20)26-25(30)22-17-21(14-15-23(22)28(2)3)27-24(29)16-13-19-9-7-8-10-19/h4-6,11-12,14-15,17-19H,7-10,13,16H2,1-3H3,(H,26,30)(H,27,29). The molecular weight excluding hydrogens is 374 g/mol. The molecule has 0 saturated heterocycles. The van der Waals surface area contributed by atoms with Crippen molar-refractivity contribution in [2.24, 2.45) is 5.92 Å². The van der Waals surface area contributed by atoms with Crippen LogP contribution in [-0.4, -0.2) is 25.9 Å². The molecule has 30 heavy (non-hydrogen) atoms. The Morgan fingerprint density at radius 3 is 2.43 bits per heavy atom. The van der Waals surface area contributed by atoms with Gasteiger partial charge in [0.1, 0.15) is 0 Å². The summed E-state index contributed by atoms with van der Waals surface area (Å²) in [5.41, 5.74) is 3.08. The SMILES string of the molecule is CC(NC(=O)c1cc(NC(=O)CCC2CCCC2)ccc1N(C)C)c1ccccc1. The lowest BCUT2D eigenvalue weighted by atomic mass is 10.0. The van der Waals surface area contributed by atoms with Crippen LogP contribution in [0.2, 0.25) is 0 Å². The van der Waals surface area contributed by atoms with E-state index in [1.165, 1.54) is 25.7 Å². The molecule has 0 aromatic heterocycles. The molecule has 0 spiro atoms. The molecule has 0 heterocycles. The molecule has 1 fully saturated rings. The predicted octanol–water partition coefficient (Wildman–Crippen LogP) is 5.15. The van der Waals surface area contributed by atoms with Gasteiger partial charge in [0.05, 0.1) is 11.6 Å². The van der Waals surface area contributed by atoms with E-state index in [4.69, 9.17) is 0 Å². The number of anilines is 2. The van der Waals surface area contributed by atoms with Crippen LogP contribution in [0.15, 0.2) is 48.5 Å². The third-order valence-corrected chi connectivity index (χ3v) is 5.91. The van der Waals surface area contributed by atoms with Crippen molar-refractivity contribution in [3.05, 3.63) is 59.7 Å². The van der Waals surface area contributed by atoms with Gasteiger partial charge in [-0.3, -0.25) is 9.59 Å². The summed E-state index contributed by atoms with van der Waals surface area (Å²) in [5, 5.41) is 6.05. The van der Waals surface area contributed by atoms with Gasteiger partial charge in [-0.15, -0.1) is 0 Å². The smallest absolute Gasteiger partial charge is 0.253 e. The minimum atomic E-state index is -0.155. The van der Waals surface area contributed by atoms with Crippen LogP contribution in [0.4, 0.5) is 11.4 Å². The van der Waals surface area contributed by atoms with E-state index in [2.05, 4.69) is 10.6 Å². The molecule has 2 N–H and O–H groups in total. The van der Waals surface area contributed by atoms with E-state index in [1.807, 2.05) is 68.4 Å². The molecule has 0 aliphatic heterocycles. The summed E-state index contributed by atoms with van der Waals surface area (Å²) in [4.78, 5) is 27.4. The monoisotopic (exact) mass is 407 g/mol. The Morgan fingerprint density at radius 1 is 1.07 bits per heavy atom. The molecule has 0 radical (unpaired) electrons. The summed E-state index contributed by atoms with van der Waals surface area (Å²) in [7, 11) is 3.82. The summed E-state index contributed by atoms with van der Waals surface area (Å²) < 4.78 is 0. The van der Waals surface area contributed by atoms with Gasteiger partial charge in [0.15, 0.2) is 0 Å². The molecule has 1 atom stereocenters. The number of carbonyl (C=O) groups is 2. The van der Waals surface area contributed by atoms with Gasteiger partial charge in [-0.2, -0.15) is 0 Å². The third kappa shape index (κ3) is 5.85. The Bertz CT molecular complexity index is 858. The van der Waals surface area contributed by atoms with Gasteiger partial charge in [-0.25, -0.2) is 0 Å². The van der Waals surface area contributed by atoms with E-state index in [9.17, 15) is 9.59 Å². The average Bonchev–Trinajstić information content (AvgIpc) is 3.26. The molecule has 2 amide bonds. The molecule has 2 aromatic carbocycles. The molecule has 1 unspecified atom stereocenters. The third-order valence-electron chi connectivity index (χ3n) is 5.91. The van der Waals surface area contributed by atoms with Crippen LogP contribution in [0.25, 0.3) is 0 Å². The lowest BCUT2D eigenvalue weighted by molar-refractivity contribution is -0.116. The Balaban J connectivity index is 1.68. The highest BCUT2D eigenvalue weighted by atomic mass is 16.2. The van der Waals surface area contributed by atoms with Gasteiger partial charge in [0, 0.05) is 31.9 Å². The van der Waals surface area contributed by atoms with E-state index < -0.39 is 0 Å². The normalized spacial score (nSPS) is 14.9. The van der Waals surface area contributed by atoms with Gasteiger partial charge >= 0.3 is 0 Å². The number of hydrogen-bond acceptors (Lipinski definition) is 3. The number of rotatable bonds is 8. The maximum atomic E-state index is 13.0. The number of carbonyl (C=O) groups excluding carboxylic acids is 2. The van der Waals surface area contributed by atoms with Crippen molar-refractivity contribution < 1.29 is 9.59 Å². The Kier molecular flexibility index (Phi) is 7.50. The maximum absolute atomic E-state index is 13.0. The van der Waals surface area contributed by atoms with Crippen LogP contribution >= 0.6 is 0 Å². The van der Waals surface area contributed by atoms with Crippen molar-refractivity contribution in [2.75, 3.05) is 24.3 Å². The first-order valence-electron chi connectivity index (χ1n) is 10.9. The molecular formula is C25H33N3O2. The largest absolute Gasteiger partial charge is 0.377 e. The van der Waals surface area contributed by atoms with Crippen LogP contribution in [-0.2, 0) is 4.79 Å². The topological polar surface area (TPSA) is 61.4 Å². The van der Waals surface area contributed by atoms with E-state index in [0.29, 0.717) is 23.6 Å². The minimum Gasteiger partial charge on any atom is -0.377 e. The maximum Gasteiger partial charge on any atom is 0.253 e. The first kappa shape index (κ1) is 21.9. The molecule has 1 aliphatic rings. The van der Waals surface area contributed by atoms with Crippen molar-refractivity contribution in [1.29, 1.82) is 0 Å². The van der Waals surface area contributed by atoms with E-state index >= 15 is 0 Å². The van der Waals surface area contributed by atoms with E-state index in [1.54, 1.807) is 6.07 Å². The Morgan fingerprint density at radius 2 is 1.77 bits per heavy atom. The number of nitrogens with one attached hydrogen (secondary N) is 2. The Hall–Kier alpha value is -2.82. The van der Waals surface area contributed by atoms with Crippen LogP contribution in [0, 0.1) is 5.92 Å². The summed E-state index contributed by atoms with van der Waals surface area (Å²) >= 11 is 0. The quantitative estimate of drug-likeness (QED) is 0.636. The van der Waals surface area contributed by atoms with Gasteiger partial charge in [0.2, 0.25) is 5.91 Å². The van der Waals surface area contributed by atoms with Gasteiger partial charge in [0.25, 0.3) is 5.91 Å².